The minimum absolute atomic E-state index is 0.0226. The number of thioether (sulfide) groups is 1. The van der Waals surface area contributed by atoms with Crippen LogP contribution in [-0.2, 0) is 0 Å². The van der Waals surface area contributed by atoms with Crippen LogP contribution in [0.4, 0.5) is 0 Å². The summed E-state index contributed by atoms with van der Waals surface area (Å²) in [5, 5.41) is 4.61. The number of aromatic nitrogens is 1. The molecule has 5 nitrogen and oxygen atoms in total. The van der Waals surface area contributed by atoms with Crippen molar-refractivity contribution >= 4 is 17.7 Å². The van der Waals surface area contributed by atoms with Crippen molar-refractivity contribution in [2.45, 2.75) is 49.3 Å². The molecule has 0 radical (unpaired) electrons. The smallest absolute Gasteiger partial charge is 0.254 e. The zero-order chi connectivity index (χ0) is 18.2. The second kappa shape index (κ2) is 10.3. The Bertz CT molecular complexity index is 569. The first-order chi connectivity index (χ1) is 12.8. The molecule has 1 aliphatic carbocycles. The topological polar surface area (TPSA) is 48.5 Å². The van der Waals surface area contributed by atoms with E-state index in [-0.39, 0.29) is 5.91 Å². The van der Waals surface area contributed by atoms with Gasteiger partial charge in [-0.25, -0.2) is 4.98 Å². The summed E-state index contributed by atoms with van der Waals surface area (Å²) in [4.78, 5) is 22.1. The van der Waals surface area contributed by atoms with E-state index in [9.17, 15) is 4.79 Å². The van der Waals surface area contributed by atoms with Gasteiger partial charge in [-0.1, -0.05) is 19.8 Å². The first-order valence-corrected chi connectivity index (χ1v) is 11.0. The van der Waals surface area contributed by atoms with E-state index in [1.165, 1.54) is 38.8 Å². The van der Waals surface area contributed by atoms with Gasteiger partial charge in [-0.05, 0) is 44.5 Å². The summed E-state index contributed by atoms with van der Waals surface area (Å²) in [6.07, 6.45) is 7.89. The van der Waals surface area contributed by atoms with Gasteiger partial charge in [0.2, 0.25) is 0 Å². The van der Waals surface area contributed by atoms with Crippen molar-refractivity contribution in [3.05, 3.63) is 23.9 Å². The Morgan fingerprint density at radius 1 is 1.23 bits per heavy atom. The monoisotopic (exact) mass is 376 g/mol. The zero-order valence-electron chi connectivity index (χ0n) is 16.0. The van der Waals surface area contributed by atoms with Gasteiger partial charge in [0.05, 0.1) is 5.56 Å². The van der Waals surface area contributed by atoms with Crippen LogP contribution in [0.5, 0.6) is 0 Å². The predicted octanol–water partition coefficient (Wildman–Crippen LogP) is 2.87. The fourth-order valence-electron chi connectivity index (χ4n) is 3.75. The summed E-state index contributed by atoms with van der Waals surface area (Å²) >= 11 is 1.79. The summed E-state index contributed by atoms with van der Waals surface area (Å²) in [7, 11) is 0. The second-order valence-electron chi connectivity index (χ2n) is 7.27. The molecule has 1 N–H and O–H groups in total. The highest BCUT2D eigenvalue weighted by atomic mass is 32.2. The molecule has 2 fully saturated rings. The lowest BCUT2D eigenvalue weighted by Crippen LogP contribution is -2.46. The molecule has 144 valence electrons. The van der Waals surface area contributed by atoms with Crippen LogP contribution in [0.25, 0.3) is 0 Å². The number of hydrogen-bond acceptors (Lipinski definition) is 5. The molecule has 2 heterocycles. The van der Waals surface area contributed by atoms with Crippen molar-refractivity contribution in [3.63, 3.8) is 0 Å². The van der Waals surface area contributed by atoms with E-state index < -0.39 is 0 Å². The van der Waals surface area contributed by atoms with E-state index in [4.69, 9.17) is 0 Å². The van der Waals surface area contributed by atoms with E-state index in [1.54, 1.807) is 18.0 Å². The Hall–Kier alpha value is -1.11. The van der Waals surface area contributed by atoms with E-state index >= 15 is 0 Å². The SMILES string of the molecule is CCN1CCN(CCCNC(=O)c2cccnc2SC2CCCC2)CC1. The predicted molar refractivity (Wildman–Crippen MR) is 108 cm³/mol. The van der Waals surface area contributed by atoms with E-state index in [1.807, 2.05) is 12.1 Å². The highest BCUT2D eigenvalue weighted by Gasteiger charge is 2.20. The minimum Gasteiger partial charge on any atom is -0.352 e. The molecule has 0 spiro atoms. The number of likely N-dealkylation sites (N-methyl/N-ethyl adjacent to an activating group) is 1. The largest absolute Gasteiger partial charge is 0.352 e. The van der Waals surface area contributed by atoms with Crippen LogP contribution in [0.2, 0.25) is 0 Å². The number of carbonyl (C=O) groups excluding carboxylic acids is 1. The minimum atomic E-state index is 0.0226. The second-order valence-corrected chi connectivity index (χ2v) is 8.55. The molecule has 1 aromatic heterocycles. The molecule has 0 bridgehead atoms. The van der Waals surface area contributed by atoms with Crippen LogP contribution in [0, 0.1) is 0 Å². The van der Waals surface area contributed by atoms with Gasteiger partial charge in [-0.15, -0.1) is 11.8 Å². The quantitative estimate of drug-likeness (QED) is 0.707. The molecule has 1 saturated heterocycles. The fourth-order valence-corrected chi connectivity index (χ4v) is 5.04. The normalized spacial score (nSPS) is 19.7. The van der Waals surface area contributed by atoms with Gasteiger partial charge in [0.15, 0.2) is 0 Å². The Kier molecular flexibility index (Phi) is 7.77. The fraction of sp³-hybridized carbons (Fsp3) is 0.700. The summed E-state index contributed by atoms with van der Waals surface area (Å²) in [6.45, 7) is 9.79. The number of amides is 1. The number of rotatable bonds is 8. The van der Waals surface area contributed by atoms with Gasteiger partial charge in [-0.3, -0.25) is 4.79 Å². The average Bonchev–Trinajstić information content (AvgIpc) is 3.19. The van der Waals surface area contributed by atoms with Gasteiger partial charge >= 0.3 is 0 Å². The third-order valence-corrected chi connectivity index (χ3v) is 6.80. The van der Waals surface area contributed by atoms with Crippen LogP contribution < -0.4 is 5.32 Å². The molecule has 0 aromatic carbocycles. The molecule has 3 rings (SSSR count). The third kappa shape index (κ3) is 5.69. The molecule has 1 aliphatic heterocycles. The maximum atomic E-state index is 12.6. The summed E-state index contributed by atoms with van der Waals surface area (Å²) in [6, 6.07) is 3.77. The molecule has 1 amide bonds. The molecule has 0 atom stereocenters. The maximum absolute atomic E-state index is 12.6. The summed E-state index contributed by atoms with van der Waals surface area (Å²) < 4.78 is 0. The Labute approximate surface area is 161 Å². The van der Waals surface area contributed by atoms with Crippen LogP contribution in [-0.4, -0.2) is 71.8 Å². The van der Waals surface area contributed by atoms with Gasteiger partial charge < -0.3 is 15.1 Å². The third-order valence-electron chi connectivity index (χ3n) is 5.45. The van der Waals surface area contributed by atoms with E-state index in [0.29, 0.717) is 5.25 Å². The Morgan fingerprint density at radius 3 is 2.69 bits per heavy atom. The first kappa shape index (κ1) is 19.6. The molecule has 1 aromatic rings. The number of piperazine rings is 1. The van der Waals surface area contributed by atoms with E-state index in [2.05, 4.69) is 27.0 Å². The Balaban J connectivity index is 1.41. The number of hydrogen-bond donors (Lipinski definition) is 1. The Morgan fingerprint density at radius 2 is 1.96 bits per heavy atom. The number of pyridine rings is 1. The lowest BCUT2D eigenvalue weighted by atomic mass is 10.2. The van der Waals surface area contributed by atoms with Crippen molar-refractivity contribution in [2.75, 3.05) is 45.8 Å². The standard InChI is InChI=1S/C20H32N4OS/c1-2-23-13-15-24(16-14-23)12-6-11-21-19(25)18-9-5-10-22-20(18)26-17-7-3-4-8-17/h5,9-10,17H,2-4,6-8,11-16H2,1H3,(H,21,25). The van der Waals surface area contributed by atoms with Gasteiger partial charge in [0, 0.05) is 44.2 Å². The maximum Gasteiger partial charge on any atom is 0.254 e. The molecule has 2 aliphatic rings. The molecule has 26 heavy (non-hydrogen) atoms. The van der Waals surface area contributed by atoms with Crippen LogP contribution in [0.15, 0.2) is 23.4 Å². The molecular weight excluding hydrogens is 344 g/mol. The number of nitrogens with one attached hydrogen (secondary N) is 1. The van der Waals surface area contributed by atoms with Crippen LogP contribution in [0.3, 0.4) is 0 Å². The van der Waals surface area contributed by atoms with Crippen molar-refractivity contribution in [2.24, 2.45) is 0 Å². The average molecular weight is 377 g/mol. The van der Waals surface area contributed by atoms with Crippen LogP contribution >= 0.6 is 11.8 Å². The van der Waals surface area contributed by atoms with Gasteiger partial charge in [0.1, 0.15) is 5.03 Å². The highest BCUT2D eigenvalue weighted by Crippen LogP contribution is 2.35. The number of nitrogens with zero attached hydrogens (tertiary/aromatic N) is 3. The lowest BCUT2D eigenvalue weighted by molar-refractivity contribution is 0.0944. The van der Waals surface area contributed by atoms with Gasteiger partial charge in [0.25, 0.3) is 5.91 Å². The summed E-state index contributed by atoms with van der Waals surface area (Å²) in [5.74, 6) is 0.0226. The van der Waals surface area contributed by atoms with E-state index in [0.717, 1.165) is 49.7 Å². The van der Waals surface area contributed by atoms with Crippen molar-refractivity contribution in [1.29, 1.82) is 0 Å². The molecular formula is C20H32N4OS. The molecule has 6 heteroatoms. The van der Waals surface area contributed by atoms with Crippen LogP contribution in [0.1, 0.15) is 49.4 Å². The number of carbonyl (C=O) groups is 1. The molecule has 1 saturated carbocycles. The summed E-state index contributed by atoms with van der Waals surface area (Å²) in [5.41, 5.74) is 0.737. The van der Waals surface area contributed by atoms with Gasteiger partial charge in [-0.2, -0.15) is 0 Å². The van der Waals surface area contributed by atoms with Crippen molar-refractivity contribution in [1.82, 2.24) is 20.1 Å². The lowest BCUT2D eigenvalue weighted by Gasteiger charge is -2.33. The van der Waals surface area contributed by atoms with Crippen molar-refractivity contribution < 1.29 is 4.79 Å². The first-order valence-electron chi connectivity index (χ1n) is 10.1. The molecule has 0 unspecified atom stereocenters. The zero-order valence-corrected chi connectivity index (χ0v) is 16.8. The van der Waals surface area contributed by atoms with Crippen molar-refractivity contribution in [3.8, 4) is 0 Å². The highest BCUT2D eigenvalue weighted by molar-refractivity contribution is 7.99.